The first-order chi connectivity index (χ1) is 35.3. The second-order valence-electron chi connectivity index (χ2n) is 21.1. The van der Waals surface area contributed by atoms with Crippen LogP contribution in [0.25, 0.3) is 55.3 Å². The van der Waals surface area contributed by atoms with E-state index in [4.69, 9.17) is 9.47 Å². The van der Waals surface area contributed by atoms with E-state index < -0.39 is 28.8 Å². The van der Waals surface area contributed by atoms with Gasteiger partial charge in [-0.25, -0.2) is 0 Å². The van der Waals surface area contributed by atoms with Crippen molar-refractivity contribution < 1.29 is 30.9 Å². The summed E-state index contributed by atoms with van der Waals surface area (Å²) in [6, 6.07) is 94.8. The maximum Gasteiger partial charge on any atom is 0.163 e. The molecule has 10 aromatic carbocycles. The van der Waals surface area contributed by atoms with Gasteiger partial charge in [-0.15, -0.1) is 0 Å². The molecule has 4 heteroatoms. The smallest absolute Gasteiger partial charge is 0.163 e. The molecule has 2 saturated heterocycles. The summed E-state index contributed by atoms with van der Waals surface area (Å²) in [5.74, 6) is -0.907. The molecule has 0 aromatic heterocycles. The number of nitrogens with zero attached hydrogens (tertiary/aromatic N) is 1. The third kappa shape index (κ3) is 8.18. The van der Waals surface area contributed by atoms with Crippen LogP contribution in [0.5, 0.6) is 0 Å². The van der Waals surface area contributed by atoms with Crippen LogP contribution in [-0.2, 0) is 33.4 Å². The molecule has 0 aliphatic carbocycles. The van der Waals surface area contributed by atoms with E-state index in [2.05, 4.69) is 269 Å². The zero-order chi connectivity index (χ0) is 48.3. The van der Waals surface area contributed by atoms with E-state index in [0.29, 0.717) is 0 Å². The van der Waals surface area contributed by atoms with Crippen molar-refractivity contribution in [1.82, 2.24) is 0 Å². The predicted molar refractivity (Wildman–Crippen MR) is 294 cm³/mol. The first-order valence-electron chi connectivity index (χ1n) is 25.6. The topological polar surface area (TPSA) is 18.5 Å². The minimum atomic E-state index is -0.907. The van der Waals surface area contributed by atoms with Crippen molar-refractivity contribution in [3.63, 3.8) is 0 Å². The Bertz CT molecular complexity index is 3130. The van der Waals surface area contributed by atoms with Gasteiger partial charge in [-0.3, -0.25) is 0 Å². The Morgan fingerprint density at radius 2 is 0.603 bits per heavy atom. The van der Waals surface area contributed by atoms with Gasteiger partial charge < -0.3 is 30.9 Å². The van der Waals surface area contributed by atoms with Crippen LogP contribution in [0.15, 0.2) is 255 Å². The molecular weight excluding hydrogens is 955 g/mol. The molecule has 3 aliphatic heterocycles. The average molecular weight is 1010 g/mol. The summed E-state index contributed by atoms with van der Waals surface area (Å²) in [6.45, 7) is 7.53. The first kappa shape index (κ1) is 46.9. The molecule has 2 fully saturated rings. The summed E-state index contributed by atoms with van der Waals surface area (Å²) >= 11 is 0. The lowest BCUT2D eigenvalue weighted by atomic mass is 9.62. The van der Waals surface area contributed by atoms with E-state index in [1.54, 1.807) is 0 Å². The van der Waals surface area contributed by atoms with Crippen LogP contribution in [-0.4, -0.2) is 35.6 Å². The molecule has 0 amide bonds. The number of rotatable bonds is 8. The van der Waals surface area contributed by atoms with Gasteiger partial charge in [-0.2, -0.15) is 0 Å². The molecule has 0 N–H and O–H groups in total. The zero-order valence-corrected chi connectivity index (χ0v) is 43.0. The van der Waals surface area contributed by atoms with Crippen molar-refractivity contribution >= 4 is 10.8 Å². The summed E-state index contributed by atoms with van der Waals surface area (Å²) in [6.07, 6.45) is -0.851. The molecule has 0 unspecified atom stereocenters. The van der Waals surface area contributed by atoms with Gasteiger partial charge in [0, 0.05) is 11.1 Å². The molecule has 10 aromatic rings. The predicted octanol–water partition coefficient (Wildman–Crippen LogP) is 12.8. The van der Waals surface area contributed by atoms with E-state index in [1.807, 2.05) is 0 Å². The quantitative estimate of drug-likeness (QED) is 0.141. The highest BCUT2D eigenvalue weighted by molar-refractivity contribution is 5.89. The fourth-order valence-electron chi connectivity index (χ4n) is 13.3. The van der Waals surface area contributed by atoms with Crippen molar-refractivity contribution in [3.05, 3.63) is 288 Å². The standard InChI is InChI=1S/C69H58NO2.BrH/c1-67(2)71-65-66(72-67)69(62-41-33-55(34-42-62)51-21-11-5-12-22-51,63-43-35-56(36-44-63)52-23-13-6-14-24-52)48-70(45-58-27-15-25-57-26-16-28-59(46-70)64(57)58)47-68(65,60-37-29-53(30-38-60)49-17-7-3-8-18-49)61-39-31-54(32-40-61)50-19-9-4-10-20-50;/h3-44,65-66H,45-48H2,1-2H3;1H/q+1;/p-1/t65-,66-;/m1./s1. The van der Waals surface area contributed by atoms with Gasteiger partial charge in [-0.05, 0) is 91.4 Å². The Morgan fingerprint density at radius 3 is 0.890 bits per heavy atom. The molecule has 2 atom stereocenters. The summed E-state index contributed by atoms with van der Waals surface area (Å²) in [4.78, 5) is 0. The highest BCUT2D eigenvalue weighted by atomic mass is 79.9. The van der Waals surface area contributed by atoms with Crippen molar-refractivity contribution in [1.29, 1.82) is 0 Å². The van der Waals surface area contributed by atoms with Gasteiger partial charge in [0.1, 0.15) is 25.3 Å². The summed E-state index contributed by atoms with van der Waals surface area (Å²) in [5.41, 5.74) is 15.9. The Kier molecular flexibility index (Phi) is 12.0. The highest BCUT2D eigenvalue weighted by Gasteiger charge is 2.68. The number of quaternary nitrogens is 1. The summed E-state index contributed by atoms with van der Waals surface area (Å²) in [7, 11) is 0. The third-order valence-corrected chi connectivity index (χ3v) is 16.4. The van der Waals surface area contributed by atoms with Gasteiger partial charge in [0.2, 0.25) is 0 Å². The number of fused-ring (bicyclic) bond motifs is 1. The second kappa shape index (κ2) is 18.7. The van der Waals surface area contributed by atoms with Gasteiger partial charge in [0.15, 0.2) is 5.79 Å². The normalized spacial score (nSPS) is 18.8. The van der Waals surface area contributed by atoms with E-state index in [-0.39, 0.29) is 17.0 Å². The SMILES string of the molecule is CC1(C)O[C@@H]2[C@@H](O1)C(c1ccc(-c3ccccc3)cc1)(c1ccc(-c3ccccc3)cc1)C[N+]1(Cc3cccc4cccc(c34)C1)CC2(c1ccc(-c2ccccc2)cc1)c1ccc(-c2ccccc2)cc1.[Br-]. The fourth-order valence-corrected chi connectivity index (χ4v) is 13.3. The van der Waals surface area contributed by atoms with E-state index in [0.717, 1.165) is 30.7 Å². The van der Waals surface area contributed by atoms with Crippen LogP contribution in [0, 0.1) is 0 Å². The van der Waals surface area contributed by atoms with Crippen LogP contribution in [0.4, 0.5) is 0 Å². The molecule has 3 aliphatic rings. The fraction of sp³-hybridized carbons (Fsp3) is 0.159. The molecule has 1 spiro atoms. The van der Waals surface area contributed by atoms with Crippen LogP contribution in [0.1, 0.15) is 47.2 Å². The maximum atomic E-state index is 7.80. The first-order valence-corrected chi connectivity index (χ1v) is 25.6. The molecule has 13 rings (SSSR count). The van der Waals surface area contributed by atoms with Crippen LogP contribution in [0.2, 0.25) is 0 Å². The number of benzene rings is 10. The Hall–Kier alpha value is -7.18. The largest absolute Gasteiger partial charge is 1.00 e. The Balaban J connectivity index is 0.00000543. The highest BCUT2D eigenvalue weighted by Crippen LogP contribution is 2.58. The van der Waals surface area contributed by atoms with Crippen molar-refractivity contribution in [2.45, 2.75) is 55.8 Å². The number of hydrogen-bond donors (Lipinski definition) is 0. The van der Waals surface area contributed by atoms with E-state index >= 15 is 0 Å². The Labute approximate surface area is 440 Å². The molecule has 0 saturated carbocycles. The van der Waals surface area contributed by atoms with E-state index in [1.165, 1.54) is 88.7 Å². The lowest BCUT2D eigenvalue weighted by Crippen LogP contribution is -3.00. The molecule has 3 heterocycles. The molecular formula is C69H58BrNO2. The molecule has 358 valence electrons. The van der Waals surface area contributed by atoms with Gasteiger partial charge in [-0.1, -0.05) is 255 Å². The maximum absolute atomic E-state index is 7.80. The van der Waals surface area contributed by atoms with Crippen LogP contribution >= 0.6 is 0 Å². The lowest BCUT2D eigenvalue weighted by Gasteiger charge is -2.50. The molecule has 3 nitrogen and oxygen atoms in total. The van der Waals surface area contributed by atoms with Crippen molar-refractivity contribution in [3.8, 4) is 44.5 Å². The third-order valence-electron chi connectivity index (χ3n) is 16.4. The van der Waals surface area contributed by atoms with Gasteiger partial charge >= 0.3 is 0 Å². The number of ether oxygens (including phenoxy) is 2. The van der Waals surface area contributed by atoms with Crippen molar-refractivity contribution in [2.24, 2.45) is 0 Å². The minimum Gasteiger partial charge on any atom is -1.00 e. The summed E-state index contributed by atoms with van der Waals surface area (Å²) in [5, 5.41) is 2.71. The minimum absolute atomic E-state index is 0. The van der Waals surface area contributed by atoms with Gasteiger partial charge in [0.05, 0.1) is 23.9 Å². The second-order valence-corrected chi connectivity index (χ2v) is 21.1. The Morgan fingerprint density at radius 1 is 0.329 bits per heavy atom. The summed E-state index contributed by atoms with van der Waals surface area (Å²) < 4.78 is 16.4. The average Bonchev–Trinajstić information content (AvgIpc) is 3.74. The van der Waals surface area contributed by atoms with E-state index in [9.17, 15) is 0 Å². The van der Waals surface area contributed by atoms with Crippen LogP contribution < -0.4 is 17.0 Å². The van der Waals surface area contributed by atoms with Crippen LogP contribution in [0.3, 0.4) is 0 Å². The zero-order valence-electron chi connectivity index (χ0n) is 41.4. The monoisotopic (exact) mass is 1010 g/mol. The lowest BCUT2D eigenvalue weighted by molar-refractivity contribution is -0.959. The van der Waals surface area contributed by atoms with Gasteiger partial charge in [0.25, 0.3) is 0 Å². The molecule has 0 bridgehead atoms. The van der Waals surface area contributed by atoms with Crippen molar-refractivity contribution in [2.75, 3.05) is 13.1 Å². The molecule has 0 radical (unpaired) electrons. The number of halogens is 1. The number of hydrogen-bond acceptors (Lipinski definition) is 2. The molecule has 73 heavy (non-hydrogen) atoms.